The Balaban J connectivity index is 2.55. The van der Waals surface area contributed by atoms with Crippen LogP contribution in [0, 0.1) is 0 Å². The summed E-state index contributed by atoms with van der Waals surface area (Å²) in [4.78, 5) is 11.7. The fraction of sp³-hybridized carbons (Fsp3) is 0.308. The maximum Gasteiger partial charge on any atom is 0.340 e. The molecule has 0 saturated carbocycles. The van der Waals surface area contributed by atoms with E-state index in [1.54, 1.807) is 31.2 Å². The summed E-state index contributed by atoms with van der Waals surface area (Å²) in [6.07, 6.45) is 1.78. The number of hydrogen-bond acceptors (Lipinski definition) is 3. The largest absolute Gasteiger partial charge is 0.423 e. The monoisotopic (exact) mass is 332 g/mol. The molecule has 0 saturated heterocycles. The highest BCUT2D eigenvalue weighted by molar-refractivity contribution is 9.10. The van der Waals surface area contributed by atoms with E-state index in [4.69, 9.17) is 21.1 Å². The van der Waals surface area contributed by atoms with Crippen LogP contribution in [0.15, 0.2) is 35.3 Å². The van der Waals surface area contributed by atoms with E-state index >= 15 is 0 Å². The first-order valence-corrected chi connectivity index (χ1v) is 6.61. The van der Waals surface area contributed by atoms with Gasteiger partial charge in [0.05, 0.1) is 11.6 Å². The Bertz CT molecular complexity index is 434. The summed E-state index contributed by atoms with van der Waals surface area (Å²) in [5.74, 6) is -0.146. The lowest BCUT2D eigenvalue weighted by molar-refractivity contribution is -0.146. The highest BCUT2D eigenvalue weighted by atomic mass is 79.9. The SMILES string of the molecule is C=CCCOC(C)C(=O)Oc1ccc(Br)cc1Cl. The molecule has 18 heavy (non-hydrogen) atoms. The standard InChI is InChI=1S/C13H14BrClO3/c1-3-4-7-17-9(2)13(16)18-12-6-5-10(14)8-11(12)15/h3,5-6,8-9H,1,4,7H2,2H3. The second-order valence-electron chi connectivity index (χ2n) is 3.59. The lowest BCUT2D eigenvalue weighted by atomic mass is 10.3. The molecule has 5 heteroatoms. The molecule has 0 N–H and O–H groups in total. The summed E-state index contributed by atoms with van der Waals surface area (Å²) in [6.45, 7) is 5.65. The molecule has 0 heterocycles. The van der Waals surface area contributed by atoms with E-state index in [2.05, 4.69) is 22.5 Å². The summed E-state index contributed by atoms with van der Waals surface area (Å²) in [7, 11) is 0. The van der Waals surface area contributed by atoms with Gasteiger partial charge in [0.25, 0.3) is 0 Å². The van der Waals surface area contributed by atoms with Crippen LogP contribution in [-0.4, -0.2) is 18.7 Å². The predicted octanol–water partition coefficient (Wildman–Crippen LogP) is 3.99. The minimum atomic E-state index is -0.635. The number of benzene rings is 1. The van der Waals surface area contributed by atoms with Gasteiger partial charge in [-0.2, -0.15) is 0 Å². The highest BCUT2D eigenvalue weighted by Gasteiger charge is 2.17. The first-order valence-electron chi connectivity index (χ1n) is 5.44. The fourth-order valence-electron chi connectivity index (χ4n) is 1.15. The van der Waals surface area contributed by atoms with Crippen molar-refractivity contribution in [2.45, 2.75) is 19.4 Å². The van der Waals surface area contributed by atoms with Crippen LogP contribution in [-0.2, 0) is 9.53 Å². The molecule has 0 spiro atoms. The Morgan fingerprint density at radius 1 is 1.61 bits per heavy atom. The van der Waals surface area contributed by atoms with Crippen molar-refractivity contribution in [3.8, 4) is 5.75 Å². The summed E-state index contributed by atoms with van der Waals surface area (Å²) < 4.78 is 11.3. The van der Waals surface area contributed by atoms with Gasteiger partial charge < -0.3 is 9.47 Å². The third-order valence-electron chi connectivity index (χ3n) is 2.13. The van der Waals surface area contributed by atoms with Gasteiger partial charge in [0.15, 0.2) is 6.10 Å². The van der Waals surface area contributed by atoms with Gasteiger partial charge in [0, 0.05) is 4.47 Å². The molecule has 1 unspecified atom stereocenters. The summed E-state index contributed by atoms with van der Waals surface area (Å²) in [5, 5.41) is 0.371. The van der Waals surface area contributed by atoms with E-state index in [1.165, 1.54) is 0 Å². The molecule has 0 radical (unpaired) electrons. The Morgan fingerprint density at radius 2 is 2.33 bits per heavy atom. The van der Waals surface area contributed by atoms with Crippen LogP contribution in [0.3, 0.4) is 0 Å². The number of esters is 1. The van der Waals surface area contributed by atoms with Gasteiger partial charge in [0.1, 0.15) is 5.75 Å². The number of hydrogen-bond donors (Lipinski definition) is 0. The first-order chi connectivity index (χ1) is 8.54. The highest BCUT2D eigenvalue weighted by Crippen LogP contribution is 2.28. The van der Waals surface area contributed by atoms with E-state index in [-0.39, 0.29) is 0 Å². The normalized spacial score (nSPS) is 11.9. The van der Waals surface area contributed by atoms with Crippen molar-refractivity contribution < 1.29 is 14.3 Å². The van der Waals surface area contributed by atoms with Crippen molar-refractivity contribution in [3.05, 3.63) is 40.3 Å². The summed E-state index contributed by atoms with van der Waals surface area (Å²) in [5.41, 5.74) is 0. The molecular formula is C13H14BrClO3. The molecule has 98 valence electrons. The van der Waals surface area contributed by atoms with Gasteiger partial charge >= 0.3 is 5.97 Å². The van der Waals surface area contributed by atoms with Gasteiger partial charge in [0.2, 0.25) is 0 Å². The zero-order valence-corrected chi connectivity index (χ0v) is 12.3. The number of ether oxygens (including phenoxy) is 2. The minimum absolute atomic E-state index is 0.323. The van der Waals surface area contributed by atoms with Crippen molar-refractivity contribution in [3.63, 3.8) is 0 Å². The van der Waals surface area contributed by atoms with Gasteiger partial charge in [-0.05, 0) is 31.5 Å². The van der Waals surface area contributed by atoms with Gasteiger partial charge in [-0.25, -0.2) is 4.79 Å². The van der Waals surface area contributed by atoms with E-state index in [0.717, 1.165) is 4.47 Å². The van der Waals surface area contributed by atoms with Crippen molar-refractivity contribution in [1.29, 1.82) is 0 Å². The number of carbonyl (C=O) groups excluding carboxylic acids is 1. The average molecular weight is 334 g/mol. The molecular weight excluding hydrogens is 319 g/mol. The molecule has 1 aromatic rings. The summed E-state index contributed by atoms with van der Waals surface area (Å²) in [6, 6.07) is 5.03. The molecule has 0 aromatic heterocycles. The Kier molecular flexibility index (Phi) is 6.39. The van der Waals surface area contributed by atoms with Crippen LogP contribution in [0.5, 0.6) is 5.75 Å². The number of carbonyl (C=O) groups is 1. The van der Waals surface area contributed by atoms with E-state index < -0.39 is 12.1 Å². The fourth-order valence-corrected chi connectivity index (χ4v) is 1.86. The van der Waals surface area contributed by atoms with Crippen molar-refractivity contribution in [2.75, 3.05) is 6.61 Å². The molecule has 1 rings (SSSR count). The smallest absolute Gasteiger partial charge is 0.340 e. The third kappa shape index (κ3) is 4.80. The Labute approximate surface area is 120 Å². The van der Waals surface area contributed by atoms with Crippen molar-refractivity contribution >= 4 is 33.5 Å². The average Bonchev–Trinajstić information content (AvgIpc) is 2.32. The molecule has 1 aromatic carbocycles. The Morgan fingerprint density at radius 3 is 2.94 bits per heavy atom. The van der Waals surface area contributed by atoms with Gasteiger partial charge in [-0.3, -0.25) is 0 Å². The zero-order valence-electron chi connectivity index (χ0n) is 9.99. The van der Waals surface area contributed by atoms with Crippen molar-refractivity contribution in [2.24, 2.45) is 0 Å². The predicted molar refractivity (Wildman–Crippen MR) is 75.0 cm³/mol. The molecule has 0 aliphatic heterocycles. The molecule has 0 fully saturated rings. The third-order valence-corrected chi connectivity index (χ3v) is 2.91. The molecule has 0 aliphatic rings. The summed E-state index contributed by atoms with van der Waals surface area (Å²) >= 11 is 9.22. The zero-order chi connectivity index (χ0) is 13.5. The second-order valence-corrected chi connectivity index (χ2v) is 4.91. The molecule has 0 amide bonds. The maximum absolute atomic E-state index is 11.7. The van der Waals surface area contributed by atoms with Gasteiger partial charge in [-0.1, -0.05) is 33.6 Å². The van der Waals surface area contributed by atoms with Crippen LogP contribution in [0.25, 0.3) is 0 Å². The number of halogens is 2. The van der Waals surface area contributed by atoms with E-state index in [0.29, 0.717) is 23.8 Å². The Hall–Kier alpha value is -0.840. The first kappa shape index (κ1) is 15.2. The molecule has 3 nitrogen and oxygen atoms in total. The van der Waals surface area contributed by atoms with Gasteiger partial charge in [-0.15, -0.1) is 6.58 Å². The topological polar surface area (TPSA) is 35.5 Å². The van der Waals surface area contributed by atoms with Crippen LogP contribution < -0.4 is 4.74 Å². The van der Waals surface area contributed by atoms with Crippen molar-refractivity contribution in [1.82, 2.24) is 0 Å². The van der Waals surface area contributed by atoms with E-state index in [9.17, 15) is 4.79 Å². The van der Waals surface area contributed by atoms with Crippen LogP contribution in [0.1, 0.15) is 13.3 Å². The number of rotatable bonds is 6. The van der Waals surface area contributed by atoms with E-state index in [1.807, 2.05) is 0 Å². The lowest BCUT2D eigenvalue weighted by Crippen LogP contribution is -2.26. The second kappa shape index (κ2) is 7.56. The van der Waals surface area contributed by atoms with Crippen LogP contribution >= 0.6 is 27.5 Å². The minimum Gasteiger partial charge on any atom is -0.423 e. The molecule has 0 bridgehead atoms. The lowest BCUT2D eigenvalue weighted by Gasteiger charge is -2.12. The van der Waals surface area contributed by atoms with Crippen LogP contribution in [0.4, 0.5) is 0 Å². The quantitative estimate of drug-likeness (QED) is 0.342. The maximum atomic E-state index is 11.7. The molecule has 0 aliphatic carbocycles. The van der Waals surface area contributed by atoms with Crippen LogP contribution in [0.2, 0.25) is 5.02 Å². The molecule has 1 atom stereocenters.